The van der Waals surface area contributed by atoms with Crippen molar-refractivity contribution in [3.05, 3.63) is 15.4 Å². The molecule has 0 aliphatic carbocycles. The summed E-state index contributed by atoms with van der Waals surface area (Å²) in [6.07, 6.45) is -3.45. The molecule has 0 saturated carbocycles. The molecular weight excluding hydrogens is 409 g/mol. The molecule has 0 fully saturated rings. The fraction of sp³-hybridized carbons (Fsp3) is 0.333. The molecule has 0 aromatic carbocycles. The molecule has 1 aromatic heterocycles. The van der Waals surface area contributed by atoms with Gasteiger partial charge in [0.2, 0.25) is 0 Å². The quantitative estimate of drug-likeness (QED) is 0.788. The van der Waals surface area contributed by atoms with E-state index in [4.69, 9.17) is 0 Å². The first-order chi connectivity index (χ1) is 8.09. The third kappa shape index (κ3) is 5.46. The summed E-state index contributed by atoms with van der Waals surface area (Å²) in [4.78, 5) is 7.40. The summed E-state index contributed by atoms with van der Waals surface area (Å²) in [7, 11) is -4.37. The van der Waals surface area contributed by atoms with Crippen molar-refractivity contribution in [3.8, 4) is 0 Å². The summed E-state index contributed by atoms with van der Waals surface area (Å²) in [6, 6.07) is 0. The number of alkyl halides is 3. The standard InChI is InChI=1S/C6H5Br2F3N4O2S/c7-3-1-12-5(4(8)14-3)15-18(16,17)13-2-6(9,10)11/h1,13H,2H2,(H,12,15). The summed E-state index contributed by atoms with van der Waals surface area (Å²) in [6.45, 7) is -1.68. The molecule has 1 heterocycles. The van der Waals surface area contributed by atoms with E-state index in [0.29, 0.717) is 4.60 Å². The van der Waals surface area contributed by atoms with Gasteiger partial charge in [-0.2, -0.15) is 26.3 Å². The molecular formula is C6H5Br2F3N4O2S. The number of rotatable bonds is 4. The van der Waals surface area contributed by atoms with Gasteiger partial charge in [0.15, 0.2) is 10.4 Å². The smallest absolute Gasteiger partial charge is 0.252 e. The Labute approximate surface area is 117 Å². The fourth-order valence-corrected chi connectivity index (χ4v) is 2.63. The predicted octanol–water partition coefficient (Wildman–Crippen LogP) is 1.81. The summed E-state index contributed by atoms with van der Waals surface area (Å²) in [5.74, 6) is -0.229. The summed E-state index contributed by atoms with van der Waals surface area (Å²) in [5.41, 5.74) is 0. The minimum Gasteiger partial charge on any atom is -0.252 e. The molecule has 2 N–H and O–H groups in total. The third-order valence-electron chi connectivity index (χ3n) is 1.39. The lowest BCUT2D eigenvalue weighted by Gasteiger charge is -2.11. The topological polar surface area (TPSA) is 84.0 Å². The Bertz CT molecular complexity index is 536. The lowest BCUT2D eigenvalue weighted by atomic mass is 10.7. The van der Waals surface area contributed by atoms with Crippen molar-refractivity contribution >= 4 is 47.9 Å². The van der Waals surface area contributed by atoms with Crippen LogP contribution in [0.5, 0.6) is 0 Å². The van der Waals surface area contributed by atoms with Crippen molar-refractivity contribution in [1.29, 1.82) is 0 Å². The lowest BCUT2D eigenvalue weighted by Crippen LogP contribution is -2.37. The molecule has 0 saturated heterocycles. The van der Waals surface area contributed by atoms with Crippen LogP contribution in [0.1, 0.15) is 0 Å². The first-order valence-corrected chi connectivity index (χ1v) is 7.18. The molecule has 0 aliphatic heterocycles. The molecule has 102 valence electrons. The minimum absolute atomic E-state index is 0.0364. The molecule has 0 spiro atoms. The van der Waals surface area contributed by atoms with Gasteiger partial charge in [-0.1, -0.05) is 0 Å². The second kappa shape index (κ2) is 5.67. The van der Waals surface area contributed by atoms with Crippen LogP contribution in [0, 0.1) is 0 Å². The van der Waals surface area contributed by atoms with E-state index in [2.05, 4.69) is 41.8 Å². The Balaban J connectivity index is 2.77. The van der Waals surface area contributed by atoms with Gasteiger partial charge < -0.3 is 0 Å². The van der Waals surface area contributed by atoms with Gasteiger partial charge in [-0.05, 0) is 31.9 Å². The summed E-state index contributed by atoms with van der Waals surface area (Å²) in [5, 5.41) is 0. The van der Waals surface area contributed by atoms with Gasteiger partial charge in [-0.25, -0.2) is 9.97 Å². The van der Waals surface area contributed by atoms with E-state index >= 15 is 0 Å². The molecule has 18 heavy (non-hydrogen) atoms. The average molecular weight is 414 g/mol. The van der Waals surface area contributed by atoms with Gasteiger partial charge in [0.25, 0.3) is 0 Å². The number of hydrogen-bond donors (Lipinski definition) is 2. The molecule has 6 nitrogen and oxygen atoms in total. The number of anilines is 1. The number of nitrogens with zero attached hydrogens (tertiary/aromatic N) is 2. The summed E-state index contributed by atoms with van der Waals surface area (Å²) >= 11 is 5.90. The maximum Gasteiger partial charge on any atom is 0.402 e. The van der Waals surface area contributed by atoms with E-state index in [1.165, 1.54) is 10.9 Å². The molecule has 12 heteroatoms. The van der Waals surface area contributed by atoms with Crippen LogP contribution in [-0.2, 0) is 10.2 Å². The first-order valence-electron chi connectivity index (χ1n) is 4.11. The molecule has 1 aromatic rings. The Hall–Kier alpha value is -0.460. The van der Waals surface area contributed by atoms with Crippen LogP contribution in [0.3, 0.4) is 0 Å². The van der Waals surface area contributed by atoms with Crippen molar-refractivity contribution in [3.63, 3.8) is 0 Å². The van der Waals surface area contributed by atoms with Crippen molar-refractivity contribution in [1.82, 2.24) is 14.7 Å². The Morgan fingerprint density at radius 1 is 1.33 bits per heavy atom. The maximum absolute atomic E-state index is 11.9. The van der Waals surface area contributed by atoms with Crippen LogP contribution in [0.4, 0.5) is 19.0 Å². The van der Waals surface area contributed by atoms with E-state index < -0.39 is 22.9 Å². The van der Waals surface area contributed by atoms with Gasteiger partial charge in [0.05, 0.1) is 6.20 Å². The molecule has 0 bridgehead atoms. The number of hydrogen-bond acceptors (Lipinski definition) is 4. The van der Waals surface area contributed by atoms with Crippen LogP contribution in [0.2, 0.25) is 0 Å². The van der Waals surface area contributed by atoms with Crippen LogP contribution < -0.4 is 9.44 Å². The predicted molar refractivity (Wildman–Crippen MR) is 64.0 cm³/mol. The zero-order chi connectivity index (χ0) is 14.0. The Morgan fingerprint density at radius 2 is 1.94 bits per heavy atom. The molecule has 0 radical (unpaired) electrons. The number of aromatic nitrogens is 2. The van der Waals surface area contributed by atoms with Gasteiger partial charge >= 0.3 is 16.4 Å². The lowest BCUT2D eigenvalue weighted by molar-refractivity contribution is -0.121. The highest BCUT2D eigenvalue weighted by atomic mass is 79.9. The highest BCUT2D eigenvalue weighted by Gasteiger charge is 2.29. The largest absolute Gasteiger partial charge is 0.402 e. The van der Waals surface area contributed by atoms with E-state index in [1.807, 2.05) is 0 Å². The van der Waals surface area contributed by atoms with E-state index in [1.54, 1.807) is 4.72 Å². The monoisotopic (exact) mass is 412 g/mol. The van der Waals surface area contributed by atoms with Crippen molar-refractivity contribution in [2.24, 2.45) is 0 Å². The van der Waals surface area contributed by atoms with Crippen LogP contribution in [0.25, 0.3) is 0 Å². The average Bonchev–Trinajstić information content (AvgIpc) is 2.19. The van der Waals surface area contributed by atoms with Gasteiger partial charge in [0.1, 0.15) is 11.1 Å². The van der Waals surface area contributed by atoms with E-state index in [0.717, 1.165) is 0 Å². The third-order valence-corrected chi connectivity index (χ3v) is 3.32. The normalized spacial score (nSPS) is 12.5. The maximum atomic E-state index is 11.9. The Kier molecular flexibility index (Phi) is 4.91. The molecule has 0 amide bonds. The van der Waals surface area contributed by atoms with Gasteiger partial charge in [-0.15, -0.1) is 0 Å². The zero-order valence-electron chi connectivity index (χ0n) is 8.29. The van der Waals surface area contributed by atoms with Gasteiger partial charge in [-0.3, -0.25) is 4.72 Å². The molecule has 0 unspecified atom stereocenters. The van der Waals surface area contributed by atoms with Crippen LogP contribution >= 0.6 is 31.9 Å². The number of halogens is 5. The fourth-order valence-electron chi connectivity index (χ4n) is 0.755. The molecule has 1 rings (SSSR count). The van der Waals surface area contributed by atoms with Crippen molar-refractivity contribution in [2.75, 3.05) is 11.3 Å². The first kappa shape index (κ1) is 15.6. The second-order valence-corrected chi connectivity index (χ2v) is 5.94. The van der Waals surface area contributed by atoms with Crippen molar-refractivity contribution in [2.45, 2.75) is 6.18 Å². The van der Waals surface area contributed by atoms with Crippen LogP contribution in [0.15, 0.2) is 15.4 Å². The van der Waals surface area contributed by atoms with Gasteiger partial charge in [0, 0.05) is 0 Å². The molecule has 0 aliphatic rings. The number of nitrogens with one attached hydrogen (secondary N) is 2. The van der Waals surface area contributed by atoms with Crippen molar-refractivity contribution < 1.29 is 21.6 Å². The van der Waals surface area contributed by atoms with E-state index in [9.17, 15) is 21.6 Å². The highest BCUT2D eigenvalue weighted by Crippen LogP contribution is 2.20. The van der Waals surface area contributed by atoms with Crippen LogP contribution in [-0.4, -0.2) is 31.1 Å². The minimum atomic E-state index is -4.64. The molecule has 0 atom stereocenters. The second-order valence-electron chi connectivity index (χ2n) is 2.87. The van der Waals surface area contributed by atoms with E-state index in [-0.39, 0.29) is 10.4 Å². The summed E-state index contributed by atoms with van der Waals surface area (Å²) < 4.78 is 61.6. The zero-order valence-corrected chi connectivity index (χ0v) is 12.3. The highest BCUT2D eigenvalue weighted by molar-refractivity contribution is 9.11. The Morgan fingerprint density at radius 3 is 2.44 bits per heavy atom. The SMILES string of the molecule is O=S(=O)(NCC(F)(F)F)Nc1ncc(Br)nc1Br.